The molecule has 0 bridgehead atoms. The van der Waals surface area contributed by atoms with E-state index in [0.717, 1.165) is 55.1 Å². The number of aryl methyl sites for hydroxylation is 1. The second kappa shape index (κ2) is 6.02. The van der Waals surface area contributed by atoms with Crippen molar-refractivity contribution < 1.29 is 9.47 Å². The van der Waals surface area contributed by atoms with Gasteiger partial charge in [0.2, 0.25) is 0 Å². The minimum absolute atomic E-state index is 0.444. The number of ether oxygens (including phenoxy) is 2. The van der Waals surface area contributed by atoms with E-state index < -0.39 is 0 Å². The number of alkyl halides is 1. The smallest absolute Gasteiger partial charge is 0.121 e. The summed E-state index contributed by atoms with van der Waals surface area (Å²) in [5.74, 6) is 2.52. The summed E-state index contributed by atoms with van der Waals surface area (Å²) in [7, 11) is 1.69. The number of nitrogens with zero attached hydrogens (tertiary/aromatic N) is 2. The van der Waals surface area contributed by atoms with Crippen molar-refractivity contribution in [1.82, 2.24) is 9.55 Å². The molecule has 2 aromatic rings. The number of benzene rings is 1. The summed E-state index contributed by atoms with van der Waals surface area (Å²) in [4.78, 5) is 4.74. The molecule has 3 rings (SSSR count). The maximum atomic E-state index is 5.93. The van der Waals surface area contributed by atoms with Gasteiger partial charge in [0.1, 0.15) is 11.6 Å². The highest BCUT2D eigenvalue weighted by atomic mass is 35.5. The average Bonchev–Trinajstić information content (AvgIpc) is 2.85. The van der Waals surface area contributed by atoms with Gasteiger partial charge in [-0.1, -0.05) is 0 Å². The number of rotatable bonds is 4. The van der Waals surface area contributed by atoms with Crippen LogP contribution >= 0.6 is 11.6 Å². The van der Waals surface area contributed by atoms with E-state index in [1.54, 1.807) is 7.11 Å². The van der Waals surface area contributed by atoms with Gasteiger partial charge >= 0.3 is 0 Å². The Balaban J connectivity index is 2.10. The van der Waals surface area contributed by atoms with Crippen LogP contribution in [0.2, 0.25) is 0 Å². The first-order valence-electron chi connectivity index (χ1n) is 7.02. The second-order valence-electron chi connectivity index (χ2n) is 5.04. The minimum atomic E-state index is 0.444. The molecule has 5 heteroatoms. The molecule has 0 radical (unpaired) electrons. The van der Waals surface area contributed by atoms with Crippen LogP contribution in [0.1, 0.15) is 24.7 Å². The molecule has 0 aliphatic carbocycles. The molecule has 0 N–H and O–H groups in total. The minimum Gasteiger partial charge on any atom is -0.497 e. The quantitative estimate of drug-likeness (QED) is 0.813. The molecule has 0 saturated carbocycles. The first-order chi connectivity index (χ1) is 9.83. The largest absolute Gasteiger partial charge is 0.497 e. The molecular formula is C15H19ClN2O2. The maximum Gasteiger partial charge on any atom is 0.121 e. The van der Waals surface area contributed by atoms with Crippen molar-refractivity contribution in [1.29, 1.82) is 0 Å². The molecule has 0 unspecified atom stereocenters. The van der Waals surface area contributed by atoms with E-state index in [-0.39, 0.29) is 0 Å². The van der Waals surface area contributed by atoms with Crippen LogP contribution in [0.5, 0.6) is 5.75 Å². The molecule has 0 spiro atoms. The summed E-state index contributed by atoms with van der Waals surface area (Å²) in [5.41, 5.74) is 2.15. The van der Waals surface area contributed by atoms with E-state index in [1.165, 1.54) is 0 Å². The van der Waals surface area contributed by atoms with Crippen LogP contribution in [-0.4, -0.2) is 35.8 Å². The summed E-state index contributed by atoms with van der Waals surface area (Å²) in [5, 5.41) is 0. The number of imidazole rings is 1. The van der Waals surface area contributed by atoms with E-state index in [4.69, 9.17) is 26.1 Å². The zero-order valence-corrected chi connectivity index (χ0v) is 12.4. The Morgan fingerprint density at radius 2 is 2.20 bits per heavy atom. The predicted octanol–water partition coefficient (Wildman–Crippen LogP) is 3.18. The molecule has 1 fully saturated rings. The van der Waals surface area contributed by atoms with E-state index in [0.29, 0.717) is 11.9 Å². The standard InChI is InChI=1S/C15H19ClN2O2/c1-19-12-2-3-13-14(10-12)18(15(17-13)4-7-16)11-5-8-20-9-6-11/h2-3,10-11H,4-9H2,1H3. The van der Waals surface area contributed by atoms with Crippen LogP contribution in [0.25, 0.3) is 11.0 Å². The molecule has 1 aromatic carbocycles. The third kappa shape index (κ3) is 2.50. The molecule has 1 aromatic heterocycles. The SMILES string of the molecule is COc1ccc2nc(CCCl)n(C3CCOCC3)c2c1. The van der Waals surface area contributed by atoms with E-state index in [9.17, 15) is 0 Å². The van der Waals surface area contributed by atoms with Gasteiger partial charge < -0.3 is 14.0 Å². The van der Waals surface area contributed by atoms with Crippen LogP contribution < -0.4 is 4.74 Å². The first kappa shape index (κ1) is 13.7. The van der Waals surface area contributed by atoms with Crippen molar-refractivity contribution in [2.75, 3.05) is 26.2 Å². The Bertz CT molecular complexity index is 591. The Morgan fingerprint density at radius 3 is 2.90 bits per heavy atom. The number of methoxy groups -OCH3 is 1. The van der Waals surface area contributed by atoms with Gasteiger partial charge in [0.25, 0.3) is 0 Å². The Morgan fingerprint density at radius 1 is 1.40 bits per heavy atom. The van der Waals surface area contributed by atoms with E-state index >= 15 is 0 Å². The summed E-state index contributed by atoms with van der Waals surface area (Å²) in [6.07, 6.45) is 2.84. The molecule has 1 aliphatic heterocycles. The fraction of sp³-hybridized carbons (Fsp3) is 0.533. The summed E-state index contributed by atoms with van der Waals surface area (Å²) >= 11 is 5.93. The topological polar surface area (TPSA) is 36.3 Å². The van der Waals surface area contributed by atoms with Gasteiger partial charge in [-0.25, -0.2) is 4.98 Å². The molecule has 20 heavy (non-hydrogen) atoms. The average molecular weight is 295 g/mol. The molecular weight excluding hydrogens is 276 g/mol. The second-order valence-corrected chi connectivity index (χ2v) is 5.41. The van der Waals surface area contributed by atoms with Gasteiger partial charge in [0, 0.05) is 37.6 Å². The molecule has 0 amide bonds. The van der Waals surface area contributed by atoms with E-state index in [2.05, 4.69) is 10.6 Å². The molecule has 0 atom stereocenters. The van der Waals surface area contributed by atoms with Crippen molar-refractivity contribution in [3.63, 3.8) is 0 Å². The monoisotopic (exact) mass is 294 g/mol. The molecule has 1 saturated heterocycles. The third-order valence-corrected chi connectivity index (χ3v) is 4.03. The highest BCUT2D eigenvalue weighted by molar-refractivity contribution is 6.17. The summed E-state index contributed by atoms with van der Waals surface area (Å²) < 4.78 is 13.1. The van der Waals surface area contributed by atoms with Crippen molar-refractivity contribution in [3.05, 3.63) is 24.0 Å². The summed E-state index contributed by atoms with van der Waals surface area (Å²) in [6.45, 7) is 1.63. The number of aromatic nitrogens is 2. The lowest BCUT2D eigenvalue weighted by Crippen LogP contribution is -2.21. The fourth-order valence-corrected chi connectivity index (χ4v) is 3.03. The number of hydrogen-bond acceptors (Lipinski definition) is 3. The van der Waals surface area contributed by atoms with Crippen molar-refractivity contribution in [2.45, 2.75) is 25.3 Å². The van der Waals surface area contributed by atoms with Crippen molar-refractivity contribution in [3.8, 4) is 5.75 Å². The molecule has 108 valence electrons. The molecule has 4 nitrogen and oxygen atoms in total. The van der Waals surface area contributed by atoms with Crippen LogP contribution in [0.15, 0.2) is 18.2 Å². The lowest BCUT2D eigenvalue weighted by molar-refractivity contribution is 0.0699. The Labute approximate surface area is 123 Å². The zero-order valence-electron chi connectivity index (χ0n) is 11.6. The van der Waals surface area contributed by atoms with Crippen molar-refractivity contribution in [2.24, 2.45) is 0 Å². The molecule has 2 heterocycles. The number of halogens is 1. The third-order valence-electron chi connectivity index (χ3n) is 3.84. The van der Waals surface area contributed by atoms with Crippen LogP contribution in [0.3, 0.4) is 0 Å². The van der Waals surface area contributed by atoms with Gasteiger partial charge in [-0.05, 0) is 25.0 Å². The predicted molar refractivity (Wildman–Crippen MR) is 79.8 cm³/mol. The highest BCUT2D eigenvalue weighted by Crippen LogP contribution is 2.30. The van der Waals surface area contributed by atoms with Crippen LogP contribution in [0, 0.1) is 0 Å². The normalized spacial score (nSPS) is 16.7. The number of hydrogen-bond donors (Lipinski definition) is 0. The van der Waals surface area contributed by atoms with Gasteiger partial charge in [-0.15, -0.1) is 11.6 Å². The van der Waals surface area contributed by atoms with Crippen molar-refractivity contribution >= 4 is 22.6 Å². The van der Waals surface area contributed by atoms with Gasteiger partial charge in [0.05, 0.1) is 18.1 Å². The van der Waals surface area contributed by atoms with Crippen LogP contribution in [0.4, 0.5) is 0 Å². The number of fused-ring (bicyclic) bond motifs is 1. The first-order valence-corrected chi connectivity index (χ1v) is 7.55. The van der Waals surface area contributed by atoms with E-state index in [1.807, 2.05) is 12.1 Å². The van der Waals surface area contributed by atoms with Gasteiger partial charge in [-0.2, -0.15) is 0 Å². The van der Waals surface area contributed by atoms with Gasteiger partial charge in [0.15, 0.2) is 0 Å². The van der Waals surface area contributed by atoms with Gasteiger partial charge in [-0.3, -0.25) is 0 Å². The maximum absolute atomic E-state index is 5.93. The lowest BCUT2D eigenvalue weighted by atomic mass is 10.1. The zero-order chi connectivity index (χ0) is 13.9. The Kier molecular flexibility index (Phi) is 4.13. The van der Waals surface area contributed by atoms with Crippen LogP contribution in [-0.2, 0) is 11.2 Å². The highest BCUT2D eigenvalue weighted by Gasteiger charge is 2.21. The summed E-state index contributed by atoms with van der Waals surface area (Å²) in [6, 6.07) is 6.48. The lowest BCUT2D eigenvalue weighted by Gasteiger charge is -2.25. The molecule has 1 aliphatic rings. The fourth-order valence-electron chi connectivity index (χ4n) is 2.86. The Hall–Kier alpha value is -1.26.